The summed E-state index contributed by atoms with van der Waals surface area (Å²) >= 11 is 0. The van der Waals surface area contributed by atoms with E-state index < -0.39 is 11.9 Å². The summed E-state index contributed by atoms with van der Waals surface area (Å²) in [5.41, 5.74) is 4.00. The molecule has 2 aliphatic heterocycles. The van der Waals surface area contributed by atoms with Crippen LogP contribution in [0, 0.1) is 26.6 Å². The molecule has 1 N–H and O–H groups in total. The number of aryl methyl sites for hydroxylation is 3. The Hall–Kier alpha value is -4.90. The molecule has 252 valence electrons. The number of anilines is 3. The maximum Gasteiger partial charge on any atom is 0.421 e. The zero-order valence-corrected chi connectivity index (χ0v) is 27.8. The number of ether oxygens (including phenoxy) is 4. The van der Waals surface area contributed by atoms with Crippen molar-refractivity contribution in [1.29, 1.82) is 0 Å². The van der Waals surface area contributed by atoms with Crippen LogP contribution in [0.4, 0.5) is 26.6 Å². The summed E-state index contributed by atoms with van der Waals surface area (Å²) in [5, 5.41) is 3.06. The van der Waals surface area contributed by atoms with E-state index in [0.717, 1.165) is 48.3 Å². The number of aromatic nitrogens is 2. The zero-order chi connectivity index (χ0) is 33.5. The van der Waals surface area contributed by atoms with Gasteiger partial charge in [-0.25, -0.2) is 14.2 Å². The highest BCUT2D eigenvalue weighted by Crippen LogP contribution is 2.33. The van der Waals surface area contributed by atoms with E-state index in [9.17, 15) is 4.79 Å². The van der Waals surface area contributed by atoms with Gasteiger partial charge in [-0.2, -0.15) is 4.98 Å². The van der Waals surface area contributed by atoms with E-state index in [0.29, 0.717) is 48.6 Å². The molecular weight excluding hydrogens is 613 g/mol. The lowest BCUT2D eigenvalue weighted by atomic mass is 10.1. The molecule has 6 rings (SSSR count). The monoisotopic (exact) mass is 655 g/mol. The predicted molar refractivity (Wildman–Crippen MR) is 182 cm³/mol. The van der Waals surface area contributed by atoms with Crippen LogP contribution < -0.4 is 29.2 Å². The number of rotatable bonds is 11. The van der Waals surface area contributed by atoms with E-state index in [1.807, 2.05) is 51.1 Å². The molecule has 11 heteroatoms. The van der Waals surface area contributed by atoms with Crippen LogP contribution in [0.2, 0.25) is 0 Å². The fourth-order valence-electron chi connectivity index (χ4n) is 6.12. The Morgan fingerprint density at radius 2 is 1.73 bits per heavy atom. The van der Waals surface area contributed by atoms with E-state index in [1.54, 1.807) is 18.2 Å². The average molecular weight is 656 g/mol. The molecule has 0 radical (unpaired) electrons. The summed E-state index contributed by atoms with van der Waals surface area (Å²) in [6.07, 6.45) is 5.55. The van der Waals surface area contributed by atoms with Crippen LogP contribution in [0.25, 0.3) is 0 Å². The van der Waals surface area contributed by atoms with Crippen molar-refractivity contribution in [2.45, 2.75) is 53.0 Å². The van der Waals surface area contributed by atoms with Gasteiger partial charge >= 0.3 is 6.09 Å². The Balaban J connectivity index is 1.18. The van der Waals surface area contributed by atoms with Gasteiger partial charge in [-0.15, -0.1) is 0 Å². The second kappa shape index (κ2) is 15.3. The van der Waals surface area contributed by atoms with Crippen molar-refractivity contribution in [1.82, 2.24) is 14.9 Å². The lowest BCUT2D eigenvalue weighted by Gasteiger charge is -2.26. The van der Waals surface area contributed by atoms with Crippen LogP contribution in [0.1, 0.15) is 47.9 Å². The standard InChI is InChI=1S/C37H42FN5O5/c1-25-20-26(2)35(27(3)21-25)48-37(44)43(24-28-8-10-32-33(22-28)47-19-18-46-32)34-12-13-39-36(41-34)40-29-9-11-31(30(38)23-29)45-17-7-16-42-14-5-4-6-15-42/h8-13,20-23H,4-7,14-19,24H2,1-3H3,(H,39,40,41). The normalized spacial score (nSPS) is 14.3. The molecule has 1 fully saturated rings. The fraction of sp³-hybridized carbons (Fsp3) is 0.378. The number of amides is 1. The highest BCUT2D eigenvalue weighted by atomic mass is 19.1. The Bertz CT molecular complexity index is 1720. The first-order valence-corrected chi connectivity index (χ1v) is 16.5. The van der Waals surface area contributed by atoms with Crippen molar-refractivity contribution in [3.63, 3.8) is 0 Å². The van der Waals surface area contributed by atoms with E-state index in [1.165, 1.54) is 36.4 Å². The summed E-state index contributed by atoms with van der Waals surface area (Å²) in [7, 11) is 0. The molecule has 3 aromatic carbocycles. The van der Waals surface area contributed by atoms with E-state index in [-0.39, 0.29) is 18.2 Å². The smallest absolute Gasteiger partial charge is 0.421 e. The SMILES string of the molecule is Cc1cc(C)c(OC(=O)N(Cc2ccc3c(c2)OCCO3)c2ccnc(Nc3ccc(OCCCN4CCCCC4)c(F)c3)n2)c(C)c1. The number of carbonyl (C=O) groups excluding carboxylic acids is 1. The second-order valence-electron chi connectivity index (χ2n) is 12.3. The number of hydrogen-bond donors (Lipinski definition) is 1. The summed E-state index contributed by atoms with van der Waals surface area (Å²) in [5.74, 6) is 1.95. The van der Waals surface area contributed by atoms with Crippen molar-refractivity contribution >= 4 is 23.5 Å². The molecule has 4 aromatic rings. The molecule has 0 saturated carbocycles. The van der Waals surface area contributed by atoms with Gasteiger partial charge in [0.15, 0.2) is 23.1 Å². The van der Waals surface area contributed by atoms with Gasteiger partial charge in [-0.1, -0.05) is 30.2 Å². The van der Waals surface area contributed by atoms with E-state index in [2.05, 4.69) is 20.2 Å². The van der Waals surface area contributed by atoms with E-state index >= 15 is 4.39 Å². The minimum atomic E-state index is -0.613. The van der Waals surface area contributed by atoms with Crippen LogP contribution >= 0.6 is 0 Å². The minimum Gasteiger partial charge on any atom is -0.490 e. The predicted octanol–water partition coefficient (Wildman–Crippen LogP) is 7.52. The molecule has 1 saturated heterocycles. The molecule has 1 amide bonds. The molecular formula is C37H42FN5O5. The van der Waals surface area contributed by atoms with Gasteiger partial charge in [0.25, 0.3) is 0 Å². The van der Waals surface area contributed by atoms with Crippen molar-refractivity contribution in [2.75, 3.05) is 49.7 Å². The highest BCUT2D eigenvalue weighted by Gasteiger charge is 2.24. The fourth-order valence-corrected chi connectivity index (χ4v) is 6.12. The highest BCUT2D eigenvalue weighted by molar-refractivity contribution is 5.88. The average Bonchev–Trinajstić information content (AvgIpc) is 3.08. The van der Waals surface area contributed by atoms with Gasteiger partial charge in [-0.3, -0.25) is 4.90 Å². The topological polar surface area (TPSA) is 98.3 Å². The lowest BCUT2D eigenvalue weighted by Crippen LogP contribution is -2.34. The number of nitrogens with zero attached hydrogens (tertiary/aromatic N) is 4. The third-order valence-corrected chi connectivity index (χ3v) is 8.39. The number of benzene rings is 3. The largest absolute Gasteiger partial charge is 0.490 e. The third-order valence-electron chi connectivity index (χ3n) is 8.39. The van der Waals surface area contributed by atoms with Gasteiger partial charge in [0.2, 0.25) is 5.95 Å². The molecule has 10 nitrogen and oxygen atoms in total. The third kappa shape index (κ3) is 8.32. The quantitative estimate of drug-likeness (QED) is 0.165. The molecule has 0 bridgehead atoms. The van der Waals surface area contributed by atoms with Gasteiger partial charge in [0.1, 0.15) is 24.8 Å². The second-order valence-corrected chi connectivity index (χ2v) is 12.3. The van der Waals surface area contributed by atoms with E-state index in [4.69, 9.17) is 18.9 Å². The van der Waals surface area contributed by atoms with Gasteiger partial charge in [0.05, 0.1) is 13.2 Å². The van der Waals surface area contributed by atoms with Crippen LogP contribution in [0.15, 0.2) is 60.8 Å². The summed E-state index contributed by atoms with van der Waals surface area (Å²) in [6.45, 7) is 10.5. The van der Waals surface area contributed by atoms with Crippen LogP contribution in [-0.2, 0) is 6.54 Å². The molecule has 0 unspecified atom stereocenters. The van der Waals surface area contributed by atoms with Crippen molar-refractivity contribution < 1.29 is 28.1 Å². The first kappa shape index (κ1) is 33.0. The Labute approximate surface area is 280 Å². The number of fused-ring (bicyclic) bond motifs is 1. The summed E-state index contributed by atoms with van der Waals surface area (Å²) < 4.78 is 38.2. The Morgan fingerprint density at radius 1 is 0.958 bits per heavy atom. The number of piperidine rings is 1. The molecule has 2 aliphatic rings. The lowest BCUT2D eigenvalue weighted by molar-refractivity contribution is 0.171. The molecule has 1 aromatic heterocycles. The molecule has 0 atom stereocenters. The maximum absolute atomic E-state index is 15.0. The van der Waals surface area contributed by atoms with Gasteiger partial charge in [0, 0.05) is 24.5 Å². The van der Waals surface area contributed by atoms with Gasteiger partial charge < -0.3 is 29.2 Å². The molecule has 0 aliphatic carbocycles. The minimum absolute atomic E-state index is 0.133. The molecule has 0 spiro atoms. The van der Waals surface area contributed by atoms with Crippen LogP contribution in [-0.4, -0.2) is 60.4 Å². The van der Waals surface area contributed by atoms with Gasteiger partial charge in [-0.05, 0) is 100 Å². The van der Waals surface area contributed by atoms with Crippen molar-refractivity contribution in [3.8, 4) is 23.0 Å². The summed E-state index contributed by atoms with van der Waals surface area (Å²) in [4.78, 5) is 26.7. The first-order chi connectivity index (χ1) is 23.3. The number of carbonyl (C=O) groups is 1. The first-order valence-electron chi connectivity index (χ1n) is 16.5. The number of hydrogen-bond acceptors (Lipinski definition) is 9. The number of likely N-dealkylation sites (tertiary alicyclic amines) is 1. The molecule has 3 heterocycles. The van der Waals surface area contributed by atoms with Crippen LogP contribution in [0.3, 0.4) is 0 Å². The molecule has 48 heavy (non-hydrogen) atoms. The maximum atomic E-state index is 15.0. The number of nitrogens with one attached hydrogen (secondary N) is 1. The van der Waals surface area contributed by atoms with Crippen LogP contribution in [0.5, 0.6) is 23.0 Å². The Kier molecular flexibility index (Phi) is 10.5. The summed E-state index contributed by atoms with van der Waals surface area (Å²) in [6, 6.07) is 15.8. The van der Waals surface area contributed by atoms with Crippen molar-refractivity contribution in [3.05, 3.63) is 88.9 Å². The Morgan fingerprint density at radius 3 is 2.50 bits per heavy atom. The number of halogens is 1. The van der Waals surface area contributed by atoms with Crippen molar-refractivity contribution in [2.24, 2.45) is 0 Å². The zero-order valence-electron chi connectivity index (χ0n) is 27.8.